The summed E-state index contributed by atoms with van der Waals surface area (Å²) in [7, 11) is -7.18. The van der Waals surface area contributed by atoms with E-state index in [2.05, 4.69) is 10.3 Å². The van der Waals surface area contributed by atoms with Crippen molar-refractivity contribution < 1.29 is 16.8 Å². The van der Waals surface area contributed by atoms with Crippen LogP contribution in [0.2, 0.25) is 0 Å². The maximum atomic E-state index is 13.1. The normalized spacial score (nSPS) is 22.2. The first-order valence-electron chi connectivity index (χ1n) is 8.85. The third kappa shape index (κ3) is 4.56. The maximum absolute atomic E-state index is 13.1. The zero-order valence-electron chi connectivity index (χ0n) is 15.4. The van der Waals surface area contributed by atoms with Crippen molar-refractivity contribution >= 4 is 19.7 Å². The summed E-state index contributed by atoms with van der Waals surface area (Å²) in [5.41, 5.74) is 1.92. The lowest BCUT2D eigenvalue weighted by Gasteiger charge is -2.20. The molecule has 3 rings (SSSR count). The molecule has 0 unspecified atom stereocenters. The summed E-state index contributed by atoms with van der Waals surface area (Å²) in [5, 5.41) is 2.11. The molecule has 6 nitrogen and oxygen atoms in total. The van der Waals surface area contributed by atoms with Gasteiger partial charge in [0, 0.05) is 25.0 Å². The molecule has 0 spiro atoms. The second-order valence-corrected chi connectivity index (χ2v) is 11.6. The molecule has 1 fully saturated rings. The van der Waals surface area contributed by atoms with E-state index in [0.29, 0.717) is 12.5 Å². The quantitative estimate of drug-likeness (QED) is 0.785. The highest BCUT2D eigenvalue weighted by Crippen LogP contribution is 2.27. The molecule has 2 aromatic rings. The minimum Gasteiger partial charge on any atom is -0.308 e. The Labute approximate surface area is 160 Å². The number of rotatable bonds is 6. The second kappa shape index (κ2) is 7.69. The second-order valence-electron chi connectivity index (χ2n) is 7.23. The van der Waals surface area contributed by atoms with Crippen molar-refractivity contribution in [3.05, 3.63) is 59.9 Å². The van der Waals surface area contributed by atoms with E-state index in [1.54, 1.807) is 42.7 Å². The van der Waals surface area contributed by atoms with Gasteiger partial charge in [-0.05, 0) is 35.2 Å². The minimum absolute atomic E-state index is 0.169. The van der Waals surface area contributed by atoms with Crippen LogP contribution in [0.5, 0.6) is 0 Å². The lowest BCUT2D eigenvalue weighted by Crippen LogP contribution is -2.43. The number of nitrogens with zero attached hydrogens (tertiary/aromatic N) is 1. The standard InChI is InChI=1S/C19H24N2O4S2/c1-14(2)16-5-7-17(8-6-16)27(24,25)19-13-26(22,23)12-18(19)21-11-15-4-3-9-20-10-15/h3-10,14,18-19,21H,11-13H2,1-2H3/t18-,19-/m0/s1. The van der Waals surface area contributed by atoms with Gasteiger partial charge < -0.3 is 5.32 Å². The molecule has 1 aliphatic rings. The lowest BCUT2D eigenvalue weighted by molar-refractivity contribution is 0.525. The van der Waals surface area contributed by atoms with Gasteiger partial charge in [-0.2, -0.15) is 0 Å². The average molecular weight is 409 g/mol. The Kier molecular flexibility index (Phi) is 5.69. The fourth-order valence-electron chi connectivity index (χ4n) is 3.28. The molecule has 1 aromatic heterocycles. The van der Waals surface area contributed by atoms with Crippen LogP contribution < -0.4 is 5.32 Å². The zero-order valence-corrected chi connectivity index (χ0v) is 17.0. The largest absolute Gasteiger partial charge is 0.308 e. The number of benzene rings is 1. The Morgan fingerprint density at radius 2 is 1.85 bits per heavy atom. The molecule has 0 amide bonds. The van der Waals surface area contributed by atoms with E-state index in [9.17, 15) is 16.8 Å². The molecular weight excluding hydrogens is 384 g/mol. The van der Waals surface area contributed by atoms with Crippen molar-refractivity contribution in [1.29, 1.82) is 0 Å². The van der Waals surface area contributed by atoms with E-state index < -0.39 is 31.0 Å². The predicted molar refractivity (Wildman–Crippen MR) is 105 cm³/mol. The predicted octanol–water partition coefficient (Wildman–Crippen LogP) is 1.93. The molecule has 1 aromatic carbocycles. The molecular formula is C19H24N2O4S2. The summed E-state index contributed by atoms with van der Waals surface area (Å²) in [4.78, 5) is 4.19. The number of pyridine rings is 1. The van der Waals surface area contributed by atoms with Gasteiger partial charge in [0.15, 0.2) is 19.7 Å². The van der Waals surface area contributed by atoms with Crippen LogP contribution in [0.25, 0.3) is 0 Å². The fraction of sp³-hybridized carbons (Fsp3) is 0.421. The van der Waals surface area contributed by atoms with E-state index in [4.69, 9.17) is 0 Å². The Morgan fingerprint density at radius 3 is 2.44 bits per heavy atom. The van der Waals surface area contributed by atoms with Crippen LogP contribution in [0.15, 0.2) is 53.7 Å². The van der Waals surface area contributed by atoms with Crippen LogP contribution in [-0.4, -0.2) is 44.6 Å². The monoisotopic (exact) mass is 408 g/mol. The van der Waals surface area contributed by atoms with E-state index in [-0.39, 0.29) is 16.4 Å². The number of nitrogens with one attached hydrogen (secondary N) is 1. The highest BCUT2D eigenvalue weighted by atomic mass is 32.2. The summed E-state index contributed by atoms with van der Waals surface area (Å²) >= 11 is 0. The molecule has 0 radical (unpaired) electrons. The van der Waals surface area contributed by atoms with Crippen LogP contribution in [0.1, 0.15) is 30.9 Å². The van der Waals surface area contributed by atoms with Gasteiger partial charge in [0.05, 0.1) is 21.7 Å². The van der Waals surface area contributed by atoms with Gasteiger partial charge in [0.2, 0.25) is 0 Å². The summed E-state index contributed by atoms with van der Waals surface area (Å²) in [6.07, 6.45) is 3.32. The number of hydrogen-bond acceptors (Lipinski definition) is 6. The average Bonchev–Trinajstić information content (AvgIpc) is 2.96. The van der Waals surface area contributed by atoms with E-state index in [1.165, 1.54) is 0 Å². The van der Waals surface area contributed by atoms with E-state index in [0.717, 1.165) is 11.1 Å². The smallest absolute Gasteiger partial charge is 0.183 e. The van der Waals surface area contributed by atoms with Gasteiger partial charge in [0.1, 0.15) is 0 Å². The first-order chi connectivity index (χ1) is 12.7. The first-order valence-corrected chi connectivity index (χ1v) is 12.2. The van der Waals surface area contributed by atoms with Crippen molar-refractivity contribution in [2.24, 2.45) is 0 Å². The molecule has 1 N–H and O–H groups in total. The molecule has 0 bridgehead atoms. The van der Waals surface area contributed by atoms with Crippen LogP contribution in [0.4, 0.5) is 0 Å². The molecule has 146 valence electrons. The van der Waals surface area contributed by atoms with E-state index in [1.807, 2.05) is 19.9 Å². The minimum atomic E-state index is -3.76. The fourth-order valence-corrected chi connectivity index (χ4v) is 8.00. The Morgan fingerprint density at radius 1 is 1.15 bits per heavy atom. The molecule has 0 aliphatic carbocycles. The molecule has 27 heavy (non-hydrogen) atoms. The number of aromatic nitrogens is 1. The van der Waals surface area contributed by atoms with Gasteiger partial charge in [-0.3, -0.25) is 4.98 Å². The Hall–Kier alpha value is -1.77. The van der Waals surface area contributed by atoms with Gasteiger partial charge in [-0.1, -0.05) is 32.0 Å². The van der Waals surface area contributed by atoms with Gasteiger partial charge in [-0.25, -0.2) is 16.8 Å². The number of sulfone groups is 2. The Balaban J connectivity index is 1.84. The van der Waals surface area contributed by atoms with E-state index >= 15 is 0 Å². The summed E-state index contributed by atoms with van der Waals surface area (Å²) in [6, 6.07) is 9.73. The maximum Gasteiger partial charge on any atom is 0.183 e. The summed E-state index contributed by atoms with van der Waals surface area (Å²) in [6.45, 7) is 4.43. The van der Waals surface area contributed by atoms with Crippen LogP contribution in [0, 0.1) is 0 Å². The molecule has 1 saturated heterocycles. The Bertz CT molecular complexity index is 986. The first kappa shape index (κ1) is 20.0. The van der Waals surface area contributed by atoms with Crippen molar-refractivity contribution in [3.63, 3.8) is 0 Å². The molecule has 8 heteroatoms. The van der Waals surface area contributed by atoms with Crippen LogP contribution >= 0.6 is 0 Å². The topological polar surface area (TPSA) is 93.2 Å². The third-order valence-electron chi connectivity index (χ3n) is 4.87. The highest BCUT2D eigenvalue weighted by Gasteiger charge is 2.45. The van der Waals surface area contributed by atoms with Crippen LogP contribution in [0.3, 0.4) is 0 Å². The summed E-state index contributed by atoms with van der Waals surface area (Å²) in [5.74, 6) is -0.241. The highest BCUT2D eigenvalue weighted by molar-refractivity contribution is 7.96. The third-order valence-corrected chi connectivity index (χ3v) is 9.03. The van der Waals surface area contributed by atoms with Gasteiger partial charge in [0.25, 0.3) is 0 Å². The van der Waals surface area contributed by atoms with Crippen molar-refractivity contribution in [2.45, 2.75) is 42.5 Å². The number of hydrogen-bond donors (Lipinski definition) is 1. The van der Waals surface area contributed by atoms with Gasteiger partial charge in [-0.15, -0.1) is 0 Å². The SMILES string of the molecule is CC(C)c1ccc(S(=O)(=O)[C@H]2CS(=O)(=O)C[C@@H]2NCc2cccnc2)cc1. The van der Waals surface area contributed by atoms with Gasteiger partial charge >= 0.3 is 0 Å². The van der Waals surface area contributed by atoms with Crippen molar-refractivity contribution in [2.75, 3.05) is 11.5 Å². The van der Waals surface area contributed by atoms with Crippen LogP contribution in [-0.2, 0) is 26.2 Å². The van der Waals surface area contributed by atoms with Crippen molar-refractivity contribution in [1.82, 2.24) is 10.3 Å². The molecule has 2 atom stereocenters. The summed E-state index contributed by atoms with van der Waals surface area (Å²) < 4.78 is 50.6. The van der Waals surface area contributed by atoms with Crippen molar-refractivity contribution in [3.8, 4) is 0 Å². The lowest BCUT2D eigenvalue weighted by atomic mass is 10.0. The molecule has 0 saturated carbocycles. The molecule has 2 heterocycles. The zero-order chi connectivity index (χ0) is 19.7. The molecule has 1 aliphatic heterocycles.